The average molecular weight is 674 g/mol. The van der Waals surface area contributed by atoms with E-state index in [0.717, 1.165) is 20.9 Å². The molecule has 0 aromatic heterocycles. The number of halogens is 4. The van der Waals surface area contributed by atoms with Crippen molar-refractivity contribution in [1.29, 1.82) is 0 Å². The van der Waals surface area contributed by atoms with Gasteiger partial charge in [-0.1, -0.05) is 83.7 Å². The van der Waals surface area contributed by atoms with Gasteiger partial charge in [0.2, 0.25) is 0 Å². The first-order chi connectivity index (χ1) is 16.2. The number of amides is 3. The number of nitrogens with zero attached hydrogens (tertiary/aromatic N) is 2. The van der Waals surface area contributed by atoms with Gasteiger partial charge in [0, 0.05) is 19.7 Å². The third kappa shape index (κ3) is 3.79. The van der Waals surface area contributed by atoms with Crippen LogP contribution in [-0.4, -0.2) is 49.7 Å². The maximum Gasteiger partial charge on any atom is 0.274 e. The smallest absolute Gasteiger partial charge is 0.274 e. The Morgan fingerprint density at radius 3 is 2.06 bits per heavy atom. The van der Waals surface area contributed by atoms with Crippen LogP contribution in [0.2, 0.25) is 5.02 Å². The van der Waals surface area contributed by atoms with Crippen molar-refractivity contribution in [1.82, 2.24) is 10.0 Å². The molecule has 176 valence electrons. The molecule has 6 atom stereocenters. The van der Waals surface area contributed by atoms with Gasteiger partial charge in [0.25, 0.3) is 17.7 Å². The maximum absolute atomic E-state index is 13.6. The van der Waals surface area contributed by atoms with Crippen LogP contribution in [0.1, 0.15) is 27.1 Å². The first-order valence-electron chi connectivity index (χ1n) is 10.7. The first-order valence-corrected chi connectivity index (χ1v) is 13.7. The van der Waals surface area contributed by atoms with Gasteiger partial charge in [0.15, 0.2) is 5.78 Å². The van der Waals surface area contributed by atoms with Crippen LogP contribution in [-0.2, 0) is 9.59 Å². The van der Waals surface area contributed by atoms with Gasteiger partial charge in [0.1, 0.15) is 6.54 Å². The summed E-state index contributed by atoms with van der Waals surface area (Å²) in [5.74, 6) is -2.99. The standard InChI is InChI=1S/C24H18Br3ClN2O4/c25-12-7-5-11(6-8-12)17(31)10-29(22(32)13-3-1-2-4-16(13)28)30-23(33)18-14-9-15(19(18)24(30)34)21(27)20(14)26/h1-8,14-15,18-21H,9-10H2/t14-,15-,18-,19+,20+,21+/m1/s1. The zero-order valence-electron chi connectivity index (χ0n) is 17.5. The number of rotatable bonds is 5. The van der Waals surface area contributed by atoms with Gasteiger partial charge in [-0.05, 0) is 42.5 Å². The summed E-state index contributed by atoms with van der Waals surface area (Å²) >= 11 is 16.9. The monoisotopic (exact) mass is 670 g/mol. The number of Topliss-reactive ketones (excluding diaryl/α,β-unsaturated/α-hetero) is 1. The van der Waals surface area contributed by atoms with Crippen molar-refractivity contribution in [3.63, 3.8) is 0 Å². The Hall–Kier alpha value is -1.55. The molecular weight excluding hydrogens is 655 g/mol. The molecule has 10 heteroatoms. The Labute approximate surface area is 226 Å². The highest BCUT2D eigenvalue weighted by Gasteiger charge is 2.67. The first kappa shape index (κ1) is 24.2. The Kier molecular flexibility index (Phi) is 6.50. The highest BCUT2D eigenvalue weighted by molar-refractivity contribution is 9.12. The van der Waals surface area contributed by atoms with E-state index < -0.39 is 41.9 Å². The topological polar surface area (TPSA) is 74.8 Å². The summed E-state index contributed by atoms with van der Waals surface area (Å²) in [6, 6.07) is 13.1. The third-order valence-electron chi connectivity index (χ3n) is 7.00. The molecule has 2 aromatic rings. The molecular formula is C24H18Br3ClN2O4. The normalized spacial score (nSPS) is 29.5. The number of hydrogen-bond acceptors (Lipinski definition) is 4. The highest BCUT2D eigenvalue weighted by Crippen LogP contribution is 2.60. The van der Waals surface area contributed by atoms with Crippen LogP contribution in [0.15, 0.2) is 53.0 Å². The quantitative estimate of drug-likeness (QED) is 0.251. The number of benzene rings is 2. The van der Waals surface area contributed by atoms with Gasteiger partial charge in [-0.25, -0.2) is 5.01 Å². The van der Waals surface area contributed by atoms with Gasteiger partial charge < -0.3 is 0 Å². The lowest BCUT2D eigenvalue weighted by atomic mass is 9.81. The number of imide groups is 1. The predicted molar refractivity (Wildman–Crippen MR) is 137 cm³/mol. The van der Waals surface area contributed by atoms with E-state index in [1.807, 2.05) is 0 Å². The zero-order chi connectivity index (χ0) is 24.3. The number of hydrogen-bond donors (Lipinski definition) is 0. The number of alkyl halides is 2. The van der Waals surface area contributed by atoms with E-state index in [-0.39, 0.29) is 32.1 Å². The molecule has 2 aromatic carbocycles. The van der Waals surface area contributed by atoms with E-state index in [2.05, 4.69) is 47.8 Å². The highest BCUT2D eigenvalue weighted by atomic mass is 79.9. The van der Waals surface area contributed by atoms with Crippen LogP contribution in [0.3, 0.4) is 0 Å². The second-order valence-corrected chi connectivity index (χ2v) is 12.2. The van der Waals surface area contributed by atoms with Gasteiger partial charge in [-0.2, -0.15) is 5.01 Å². The van der Waals surface area contributed by atoms with Crippen molar-refractivity contribution < 1.29 is 19.2 Å². The Bertz CT molecular complexity index is 1170. The average Bonchev–Trinajstić information content (AvgIpc) is 3.43. The molecule has 0 unspecified atom stereocenters. The summed E-state index contributed by atoms with van der Waals surface area (Å²) < 4.78 is 0.801. The van der Waals surface area contributed by atoms with Crippen LogP contribution in [0.25, 0.3) is 0 Å². The molecule has 0 spiro atoms. The van der Waals surface area contributed by atoms with Crippen molar-refractivity contribution in [3.8, 4) is 0 Å². The molecule has 2 saturated carbocycles. The van der Waals surface area contributed by atoms with Crippen molar-refractivity contribution in [2.45, 2.75) is 16.1 Å². The van der Waals surface area contributed by atoms with Gasteiger partial charge in [-0.15, -0.1) is 0 Å². The molecule has 3 aliphatic rings. The van der Waals surface area contributed by atoms with E-state index in [1.54, 1.807) is 42.5 Å². The maximum atomic E-state index is 13.6. The van der Waals surface area contributed by atoms with Crippen LogP contribution < -0.4 is 0 Å². The second-order valence-electron chi connectivity index (χ2n) is 8.76. The molecule has 34 heavy (non-hydrogen) atoms. The SMILES string of the molecule is O=C(CN(C(=O)c1ccccc1Cl)N1C(=O)[C@@H]2[C@H]3C[C@@H]([C@H](Br)[C@H]3Br)[C@@H]2C1=O)c1ccc(Br)cc1. The Morgan fingerprint density at radius 1 is 0.941 bits per heavy atom. The van der Waals surface area contributed by atoms with E-state index in [9.17, 15) is 19.2 Å². The van der Waals surface area contributed by atoms with Crippen LogP contribution in [0, 0.1) is 23.7 Å². The van der Waals surface area contributed by atoms with Gasteiger partial charge >= 0.3 is 0 Å². The van der Waals surface area contributed by atoms with Crippen molar-refractivity contribution in [2.24, 2.45) is 23.7 Å². The van der Waals surface area contributed by atoms with E-state index in [0.29, 0.717) is 5.56 Å². The molecule has 0 radical (unpaired) electrons. The molecule has 1 aliphatic heterocycles. The Balaban J connectivity index is 1.52. The number of hydrazine groups is 1. The fourth-order valence-corrected chi connectivity index (χ4v) is 7.80. The zero-order valence-corrected chi connectivity index (χ0v) is 23.1. The molecule has 3 amide bonds. The lowest BCUT2D eigenvalue weighted by molar-refractivity contribution is -0.154. The lowest BCUT2D eigenvalue weighted by Crippen LogP contribution is -2.52. The second kappa shape index (κ2) is 9.15. The molecule has 1 saturated heterocycles. The van der Waals surface area contributed by atoms with Crippen LogP contribution in [0.4, 0.5) is 0 Å². The third-order valence-corrected chi connectivity index (χ3v) is 11.1. The molecule has 0 N–H and O–H groups in total. The molecule has 3 fully saturated rings. The van der Waals surface area contributed by atoms with E-state index in [1.165, 1.54) is 6.07 Å². The fraction of sp³-hybridized carbons (Fsp3) is 0.333. The minimum atomic E-state index is -0.670. The van der Waals surface area contributed by atoms with Crippen LogP contribution >= 0.6 is 59.4 Å². The van der Waals surface area contributed by atoms with Crippen LogP contribution in [0.5, 0.6) is 0 Å². The number of carbonyl (C=O) groups is 4. The fourth-order valence-electron chi connectivity index (χ4n) is 5.44. The molecule has 6 nitrogen and oxygen atoms in total. The molecule has 5 rings (SSSR count). The minimum Gasteiger partial charge on any atom is -0.292 e. The summed E-state index contributed by atoms with van der Waals surface area (Å²) in [5, 5.41) is 2.05. The van der Waals surface area contributed by atoms with Crippen molar-refractivity contribution >= 4 is 82.9 Å². The summed E-state index contributed by atoms with van der Waals surface area (Å²) in [5.41, 5.74) is 0.478. The number of ketones is 1. The lowest BCUT2D eigenvalue weighted by Gasteiger charge is -2.31. The van der Waals surface area contributed by atoms with Gasteiger partial charge in [-0.3, -0.25) is 19.2 Å². The molecule has 1 heterocycles. The van der Waals surface area contributed by atoms with E-state index >= 15 is 0 Å². The molecule has 2 aliphatic carbocycles. The summed E-state index contributed by atoms with van der Waals surface area (Å²) in [6.45, 7) is -0.465. The van der Waals surface area contributed by atoms with Gasteiger partial charge in [0.05, 0.1) is 22.4 Å². The number of fused-ring (bicyclic) bond motifs is 5. The minimum absolute atomic E-state index is 0.0136. The number of carbonyl (C=O) groups excluding carboxylic acids is 4. The van der Waals surface area contributed by atoms with E-state index in [4.69, 9.17) is 11.6 Å². The Morgan fingerprint density at radius 2 is 1.50 bits per heavy atom. The van der Waals surface area contributed by atoms with Crippen molar-refractivity contribution in [2.75, 3.05) is 6.54 Å². The summed E-state index contributed by atoms with van der Waals surface area (Å²) in [6.07, 6.45) is 0.767. The molecule has 2 bridgehead atoms. The summed E-state index contributed by atoms with van der Waals surface area (Å²) in [7, 11) is 0. The predicted octanol–water partition coefficient (Wildman–Crippen LogP) is 5.12. The van der Waals surface area contributed by atoms with Crippen molar-refractivity contribution in [3.05, 3.63) is 69.2 Å². The summed E-state index contributed by atoms with van der Waals surface area (Å²) in [4.78, 5) is 54.1. The largest absolute Gasteiger partial charge is 0.292 e.